The number of aliphatic hydroxyl groups excluding tert-OH is 2. The SMILES string of the molecule is N[C@@H]1CC[C@@H](O)[C@H]1O. The number of hydrogen-bond acceptors (Lipinski definition) is 3. The highest BCUT2D eigenvalue weighted by Gasteiger charge is 2.29. The van der Waals surface area contributed by atoms with Gasteiger partial charge >= 0.3 is 0 Å². The summed E-state index contributed by atoms with van der Waals surface area (Å²) in [5.74, 6) is 0. The summed E-state index contributed by atoms with van der Waals surface area (Å²) >= 11 is 0. The van der Waals surface area contributed by atoms with Crippen LogP contribution < -0.4 is 5.73 Å². The van der Waals surface area contributed by atoms with Gasteiger partial charge in [0.2, 0.25) is 0 Å². The molecule has 3 atom stereocenters. The summed E-state index contributed by atoms with van der Waals surface area (Å²) < 4.78 is 0. The van der Waals surface area contributed by atoms with Gasteiger partial charge in [-0.15, -0.1) is 0 Å². The van der Waals surface area contributed by atoms with Crippen molar-refractivity contribution in [3.63, 3.8) is 0 Å². The van der Waals surface area contributed by atoms with E-state index >= 15 is 0 Å². The van der Waals surface area contributed by atoms with Gasteiger partial charge in [-0.3, -0.25) is 0 Å². The Hall–Kier alpha value is -0.120. The molecule has 4 N–H and O–H groups in total. The van der Waals surface area contributed by atoms with Crippen molar-refractivity contribution in [1.29, 1.82) is 0 Å². The minimum Gasteiger partial charge on any atom is -0.390 e. The molecular formula is C5H11NO2. The standard InChI is InChI=1S/C5H11NO2/c6-3-1-2-4(7)5(3)8/h3-5,7-8H,1-2,6H2/t3-,4-,5+/m1/s1. The molecule has 0 aliphatic heterocycles. The summed E-state index contributed by atoms with van der Waals surface area (Å²) in [6, 6.07) is -0.204. The first kappa shape index (κ1) is 6.01. The van der Waals surface area contributed by atoms with E-state index in [1.807, 2.05) is 0 Å². The van der Waals surface area contributed by atoms with Crippen LogP contribution in [0.4, 0.5) is 0 Å². The average Bonchev–Trinajstić information content (AvgIpc) is 1.98. The minimum absolute atomic E-state index is 0.204. The smallest absolute Gasteiger partial charge is 0.0949 e. The van der Waals surface area contributed by atoms with Crippen molar-refractivity contribution < 1.29 is 10.2 Å². The highest BCUT2D eigenvalue weighted by molar-refractivity contribution is 4.86. The van der Waals surface area contributed by atoms with E-state index in [1.54, 1.807) is 0 Å². The molecule has 3 heteroatoms. The van der Waals surface area contributed by atoms with E-state index in [0.29, 0.717) is 6.42 Å². The lowest BCUT2D eigenvalue weighted by atomic mass is 10.2. The van der Waals surface area contributed by atoms with Crippen molar-refractivity contribution in [3.05, 3.63) is 0 Å². The monoisotopic (exact) mass is 117 g/mol. The van der Waals surface area contributed by atoms with Crippen LogP contribution in [0, 0.1) is 0 Å². The van der Waals surface area contributed by atoms with Crippen LogP contribution in [-0.4, -0.2) is 28.5 Å². The Morgan fingerprint density at radius 1 is 1.25 bits per heavy atom. The summed E-state index contributed by atoms with van der Waals surface area (Å²) in [4.78, 5) is 0. The van der Waals surface area contributed by atoms with Crippen LogP contribution >= 0.6 is 0 Å². The number of nitrogens with two attached hydrogens (primary N) is 1. The van der Waals surface area contributed by atoms with Gasteiger partial charge in [0, 0.05) is 6.04 Å². The lowest BCUT2D eigenvalue weighted by molar-refractivity contribution is 0.0364. The lowest BCUT2D eigenvalue weighted by Crippen LogP contribution is -2.34. The number of hydrogen-bond donors (Lipinski definition) is 3. The Morgan fingerprint density at radius 3 is 2.00 bits per heavy atom. The molecule has 1 rings (SSSR count). The molecule has 0 bridgehead atoms. The molecule has 8 heavy (non-hydrogen) atoms. The van der Waals surface area contributed by atoms with E-state index in [9.17, 15) is 0 Å². The molecule has 0 aromatic heterocycles. The summed E-state index contributed by atoms with van der Waals surface area (Å²) in [6.45, 7) is 0. The molecule has 0 saturated heterocycles. The van der Waals surface area contributed by atoms with Crippen LogP contribution in [0.1, 0.15) is 12.8 Å². The predicted octanol–water partition coefficient (Wildman–Crippen LogP) is -1.17. The Kier molecular flexibility index (Phi) is 1.51. The molecule has 0 heterocycles. The summed E-state index contributed by atoms with van der Waals surface area (Å²) in [5.41, 5.74) is 5.36. The van der Waals surface area contributed by atoms with E-state index in [1.165, 1.54) is 0 Å². The van der Waals surface area contributed by atoms with Gasteiger partial charge in [0.25, 0.3) is 0 Å². The topological polar surface area (TPSA) is 66.5 Å². The fraction of sp³-hybridized carbons (Fsp3) is 1.00. The first-order valence-electron chi connectivity index (χ1n) is 2.83. The lowest BCUT2D eigenvalue weighted by Gasteiger charge is -2.09. The second-order valence-corrected chi connectivity index (χ2v) is 2.30. The molecule has 0 aromatic rings. The third-order valence-corrected chi connectivity index (χ3v) is 1.63. The Bertz CT molecular complexity index is 76.5. The third-order valence-electron chi connectivity index (χ3n) is 1.63. The maximum Gasteiger partial charge on any atom is 0.0949 e. The van der Waals surface area contributed by atoms with Gasteiger partial charge < -0.3 is 15.9 Å². The third kappa shape index (κ3) is 0.844. The molecule has 1 aliphatic rings. The van der Waals surface area contributed by atoms with Crippen molar-refractivity contribution in [1.82, 2.24) is 0 Å². The van der Waals surface area contributed by atoms with Gasteiger partial charge in [0.05, 0.1) is 12.2 Å². The average molecular weight is 117 g/mol. The van der Waals surface area contributed by atoms with Gasteiger partial charge in [0.15, 0.2) is 0 Å². The second kappa shape index (κ2) is 2.01. The summed E-state index contributed by atoms with van der Waals surface area (Å²) in [7, 11) is 0. The maximum atomic E-state index is 8.89. The summed E-state index contributed by atoms with van der Waals surface area (Å²) in [6.07, 6.45) is 0.116. The van der Waals surface area contributed by atoms with E-state index in [4.69, 9.17) is 15.9 Å². The first-order chi connectivity index (χ1) is 3.72. The molecule has 0 radical (unpaired) electrons. The first-order valence-corrected chi connectivity index (χ1v) is 2.83. The van der Waals surface area contributed by atoms with Crippen LogP contribution in [0.25, 0.3) is 0 Å². The predicted molar refractivity (Wildman–Crippen MR) is 29.2 cm³/mol. The van der Waals surface area contributed by atoms with E-state index in [2.05, 4.69) is 0 Å². The fourth-order valence-electron chi connectivity index (χ4n) is 0.990. The van der Waals surface area contributed by atoms with Gasteiger partial charge in [-0.05, 0) is 12.8 Å². The van der Waals surface area contributed by atoms with Crippen molar-refractivity contribution >= 4 is 0 Å². The number of aliphatic hydroxyl groups is 2. The van der Waals surface area contributed by atoms with Crippen molar-refractivity contribution in [2.75, 3.05) is 0 Å². The van der Waals surface area contributed by atoms with Gasteiger partial charge in [0.1, 0.15) is 0 Å². The van der Waals surface area contributed by atoms with E-state index < -0.39 is 12.2 Å². The normalized spacial score (nSPS) is 47.6. The zero-order valence-corrected chi connectivity index (χ0v) is 4.62. The molecule has 0 spiro atoms. The van der Waals surface area contributed by atoms with Crippen molar-refractivity contribution in [2.24, 2.45) is 5.73 Å². The highest BCUT2D eigenvalue weighted by Crippen LogP contribution is 2.17. The maximum absolute atomic E-state index is 8.89. The van der Waals surface area contributed by atoms with Crippen LogP contribution in [0.15, 0.2) is 0 Å². The van der Waals surface area contributed by atoms with Crippen LogP contribution in [0.2, 0.25) is 0 Å². The zero-order chi connectivity index (χ0) is 6.15. The van der Waals surface area contributed by atoms with Crippen LogP contribution in [-0.2, 0) is 0 Å². The summed E-state index contributed by atoms with van der Waals surface area (Å²) in [5, 5.41) is 17.7. The Morgan fingerprint density at radius 2 is 1.88 bits per heavy atom. The molecular weight excluding hydrogens is 106 g/mol. The molecule has 0 unspecified atom stereocenters. The Balaban J connectivity index is 2.44. The molecule has 3 nitrogen and oxygen atoms in total. The molecule has 1 saturated carbocycles. The van der Waals surface area contributed by atoms with Crippen LogP contribution in [0.3, 0.4) is 0 Å². The molecule has 0 aromatic carbocycles. The number of rotatable bonds is 0. The molecule has 1 fully saturated rings. The second-order valence-electron chi connectivity index (χ2n) is 2.30. The fourth-order valence-corrected chi connectivity index (χ4v) is 0.990. The van der Waals surface area contributed by atoms with Crippen molar-refractivity contribution in [3.8, 4) is 0 Å². The van der Waals surface area contributed by atoms with Gasteiger partial charge in [-0.1, -0.05) is 0 Å². The van der Waals surface area contributed by atoms with Gasteiger partial charge in [-0.25, -0.2) is 0 Å². The van der Waals surface area contributed by atoms with Crippen LogP contribution in [0.5, 0.6) is 0 Å². The molecule has 1 aliphatic carbocycles. The van der Waals surface area contributed by atoms with Gasteiger partial charge in [-0.2, -0.15) is 0 Å². The molecule has 48 valence electrons. The van der Waals surface area contributed by atoms with E-state index in [-0.39, 0.29) is 6.04 Å². The zero-order valence-electron chi connectivity index (χ0n) is 4.62. The minimum atomic E-state index is -0.685. The quantitative estimate of drug-likeness (QED) is 0.374. The van der Waals surface area contributed by atoms with E-state index in [0.717, 1.165) is 6.42 Å². The molecule has 0 amide bonds. The largest absolute Gasteiger partial charge is 0.390 e. The van der Waals surface area contributed by atoms with Crippen molar-refractivity contribution in [2.45, 2.75) is 31.1 Å². The Labute approximate surface area is 48.1 Å². The highest BCUT2D eigenvalue weighted by atomic mass is 16.3.